The quantitative estimate of drug-likeness (QED) is 0.808. The van der Waals surface area contributed by atoms with Crippen LogP contribution in [0.25, 0.3) is 11.4 Å². The zero-order chi connectivity index (χ0) is 13.3. The van der Waals surface area contributed by atoms with E-state index in [2.05, 4.69) is 5.16 Å². The summed E-state index contributed by atoms with van der Waals surface area (Å²) in [6.45, 7) is 4.09. The molecule has 0 saturated heterocycles. The van der Waals surface area contributed by atoms with Gasteiger partial charge < -0.3 is 14.8 Å². The molecule has 0 amide bonds. The molecule has 0 radical (unpaired) electrons. The molecule has 6 nitrogen and oxygen atoms in total. The predicted octanol–water partition coefficient (Wildman–Crippen LogP) is 1.64. The first-order valence-corrected chi connectivity index (χ1v) is 5.58. The molecule has 0 fully saturated rings. The summed E-state index contributed by atoms with van der Waals surface area (Å²) >= 11 is 0. The third-order valence-corrected chi connectivity index (χ3v) is 2.44. The number of nitrogens with zero attached hydrogens (tertiary/aromatic N) is 2. The summed E-state index contributed by atoms with van der Waals surface area (Å²) in [5, 5.41) is 22.5. The average molecular weight is 250 g/mol. The molecule has 0 unspecified atom stereocenters. The molecule has 6 heteroatoms. The van der Waals surface area contributed by atoms with Crippen molar-refractivity contribution in [2.75, 3.05) is 0 Å². The van der Waals surface area contributed by atoms with Crippen molar-refractivity contribution in [2.24, 2.45) is 5.92 Å². The highest BCUT2D eigenvalue weighted by atomic mass is 16.5. The van der Waals surface area contributed by atoms with Crippen molar-refractivity contribution in [3.63, 3.8) is 0 Å². The highest BCUT2D eigenvalue weighted by Gasteiger charge is 2.13. The maximum atomic E-state index is 11.3. The van der Waals surface area contributed by atoms with Crippen molar-refractivity contribution in [1.29, 1.82) is 0 Å². The minimum atomic E-state index is -0.580. The summed E-state index contributed by atoms with van der Waals surface area (Å²) in [6, 6.07) is 2.77. The van der Waals surface area contributed by atoms with Crippen LogP contribution in [0.15, 0.2) is 27.6 Å². The van der Waals surface area contributed by atoms with E-state index in [9.17, 15) is 10.0 Å². The third-order valence-electron chi connectivity index (χ3n) is 2.44. The zero-order valence-electron chi connectivity index (χ0n) is 10.1. The molecule has 18 heavy (non-hydrogen) atoms. The fraction of sp³-hybridized carbons (Fsp3) is 0.333. The van der Waals surface area contributed by atoms with Crippen LogP contribution in [0.5, 0.6) is 5.75 Å². The van der Waals surface area contributed by atoms with Gasteiger partial charge in [0.25, 0.3) is 0 Å². The first kappa shape index (κ1) is 12.2. The van der Waals surface area contributed by atoms with E-state index in [0.29, 0.717) is 22.1 Å². The Labute approximate surface area is 103 Å². The fourth-order valence-corrected chi connectivity index (χ4v) is 1.64. The second-order valence-corrected chi connectivity index (χ2v) is 4.53. The van der Waals surface area contributed by atoms with E-state index >= 15 is 0 Å². The second kappa shape index (κ2) is 4.56. The van der Waals surface area contributed by atoms with Crippen molar-refractivity contribution in [3.05, 3.63) is 34.3 Å². The van der Waals surface area contributed by atoms with Crippen LogP contribution in [0.2, 0.25) is 0 Å². The molecule has 2 rings (SSSR count). The highest BCUT2D eigenvalue weighted by Crippen LogP contribution is 2.20. The molecule has 0 aliphatic heterocycles. The lowest BCUT2D eigenvalue weighted by Crippen LogP contribution is -2.07. The van der Waals surface area contributed by atoms with E-state index < -0.39 is 11.2 Å². The molecule has 0 bridgehead atoms. The Morgan fingerprint density at radius 2 is 2.17 bits per heavy atom. The summed E-state index contributed by atoms with van der Waals surface area (Å²) < 4.78 is 5.76. The predicted molar refractivity (Wildman–Crippen MR) is 63.6 cm³/mol. The number of pyridine rings is 1. The van der Waals surface area contributed by atoms with E-state index in [1.807, 2.05) is 13.8 Å². The van der Waals surface area contributed by atoms with Crippen LogP contribution >= 0.6 is 0 Å². The summed E-state index contributed by atoms with van der Waals surface area (Å²) in [5.41, 5.74) is -0.0504. The second-order valence-electron chi connectivity index (χ2n) is 4.53. The van der Waals surface area contributed by atoms with Crippen LogP contribution in [-0.2, 0) is 6.42 Å². The van der Waals surface area contributed by atoms with Gasteiger partial charge in [-0.25, -0.2) is 0 Å². The smallest absolute Gasteiger partial charge is 0.224 e. The minimum absolute atomic E-state index is 0.177. The van der Waals surface area contributed by atoms with E-state index in [4.69, 9.17) is 9.63 Å². The maximum absolute atomic E-state index is 11.3. The Hall–Kier alpha value is -2.24. The van der Waals surface area contributed by atoms with Crippen LogP contribution in [0, 0.1) is 5.92 Å². The lowest BCUT2D eigenvalue weighted by atomic mass is 10.1. The molecule has 2 N–H and O–H groups in total. The molecule has 96 valence electrons. The van der Waals surface area contributed by atoms with Crippen molar-refractivity contribution in [3.8, 4) is 17.1 Å². The van der Waals surface area contributed by atoms with Gasteiger partial charge in [-0.2, -0.15) is 4.73 Å². The van der Waals surface area contributed by atoms with Crippen LogP contribution in [-0.4, -0.2) is 20.2 Å². The minimum Gasteiger partial charge on any atom is -0.503 e. The molecule has 0 aromatic carbocycles. The Morgan fingerprint density at radius 3 is 2.83 bits per heavy atom. The van der Waals surface area contributed by atoms with E-state index in [-0.39, 0.29) is 5.69 Å². The van der Waals surface area contributed by atoms with Crippen molar-refractivity contribution < 1.29 is 14.8 Å². The van der Waals surface area contributed by atoms with Crippen molar-refractivity contribution >= 4 is 0 Å². The van der Waals surface area contributed by atoms with E-state index in [1.165, 1.54) is 0 Å². The molecule has 0 aliphatic carbocycles. The van der Waals surface area contributed by atoms with Gasteiger partial charge in [0.1, 0.15) is 17.1 Å². The van der Waals surface area contributed by atoms with Gasteiger partial charge in [0.2, 0.25) is 5.43 Å². The molecule has 2 aromatic rings. The lowest BCUT2D eigenvalue weighted by molar-refractivity contribution is 0.185. The number of rotatable bonds is 3. The molecule has 2 aromatic heterocycles. The fourth-order valence-electron chi connectivity index (χ4n) is 1.64. The number of aromatic nitrogens is 2. The Bertz CT molecular complexity index is 613. The lowest BCUT2D eigenvalue weighted by Gasteiger charge is -2.03. The molecular weight excluding hydrogens is 236 g/mol. The van der Waals surface area contributed by atoms with Crippen molar-refractivity contribution in [2.45, 2.75) is 20.3 Å². The molecule has 0 aliphatic rings. The summed E-state index contributed by atoms with van der Waals surface area (Å²) in [5.74, 6) is 0.578. The summed E-state index contributed by atoms with van der Waals surface area (Å²) in [7, 11) is 0. The number of hydrogen-bond acceptors (Lipinski definition) is 5. The maximum Gasteiger partial charge on any atom is 0.224 e. The molecule has 0 spiro atoms. The van der Waals surface area contributed by atoms with Gasteiger partial charge in [0.05, 0.1) is 6.20 Å². The SMILES string of the molecule is CC(C)Cc1cc(-c2cc(=O)c(O)cn2O)no1. The molecule has 2 heterocycles. The topological polar surface area (TPSA) is 88.5 Å². The largest absolute Gasteiger partial charge is 0.503 e. The number of aromatic hydroxyl groups is 1. The molecule has 0 atom stereocenters. The van der Waals surface area contributed by atoms with Crippen LogP contribution in [0.4, 0.5) is 0 Å². The van der Waals surface area contributed by atoms with Gasteiger partial charge in [-0.3, -0.25) is 4.79 Å². The Balaban J connectivity index is 2.40. The van der Waals surface area contributed by atoms with Gasteiger partial charge in [0.15, 0.2) is 5.75 Å². The van der Waals surface area contributed by atoms with Gasteiger partial charge in [-0.05, 0) is 5.92 Å². The van der Waals surface area contributed by atoms with Crippen LogP contribution in [0.1, 0.15) is 19.6 Å². The summed E-state index contributed by atoms with van der Waals surface area (Å²) in [6.07, 6.45) is 1.65. The highest BCUT2D eigenvalue weighted by molar-refractivity contribution is 5.54. The zero-order valence-corrected chi connectivity index (χ0v) is 10.1. The van der Waals surface area contributed by atoms with Gasteiger partial charge in [-0.1, -0.05) is 19.0 Å². The summed E-state index contributed by atoms with van der Waals surface area (Å²) in [4.78, 5) is 11.3. The molecular formula is C12H14N2O4. The first-order chi connectivity index (χ1) is 8.47. The normalized spacial score (nSPS) is 11.1. The van der Waals surface area contributed by atoms with E-state index in [1.54, 1.807) is 6.07 Å². The van der Waals surface area contributed by atoms with Gasteiger partial charge in [0, 0.05) is 18.6 Å². The van der Waals surface area contributed by atoms with E-state index in [0.717, 1.165) is 18.7 Å². The standard InChI is InChI=1S/C12H14N2O4/c1-7(2)3-8-4-9(13-18-8)10-5-11(15)12(16)6-14(10)17/h4-7,16-17H,3H2,1-2H3. The monoisotopic (exact) mass is 250 g/mol. The van der Waals surface area contributed by atoms with Crippen molar-refractivity contribution in [1.82, 2.24) is 9.89 Å². The average Bonchev–Trinajstić information content (AvgIpc) is 2.70. The van der Waals surface area contributed by atoms with Gasteiger partial charge >= 0.3 is 0 Å². The van der Waals surface area contributed by atoms with Gasteiger partial charge in [-0.15, -0.1) is 0 Å². The van der Waals surface area contributed by atoms with Crippen LogP contribution in [0.3, 0.4) is 0 Å². The molecule has 0 saturated carbocycles. The number of hydrogen-bond donors (Lipinski definition) is 2. The Morgan fingerprint density at radius 1 is 1.44 bits per heavy atom. The Kier molecular flexibility index (Phi) is 3.10. The van der Waals surface area contributed by atoms with Crippen LogP contribution < -0.4 is 5.43 Å². The third kappa shape index (κ3) is 2.37. The first-order valence-electron chi connectivity index (χ1n) is 5.58.